The summed E-state index contributed by atoms with van der Waals surface area (Å²) >= 11 is 1.79. The fourth-order valence-corrected chi connectivity index (χ4v) is 3.67. The molecule has 2 unspecified atom stereocenters. The van der Waals surface area contributed by atoms with E-state index in [1.54, 1.807) is 11.3 Å². The van der Waals surface area contributed by atoms with Crippen molar-refractivity contribution in [2.24, 2.45) is 11.7 Å². The van der Waals surface area contributed by atoms with E-state index in [0.717, 1.165) is 13.1 Å². The molecule has 0 aromatic carbocycles. The second-order valence-corrected chi connectivity index (χ2v) is 6.03. The van der Waals surface area contributed by atoms with Crippen LogP contribution in [-0.4, -0.2) is 24.5 Å². The lowest BCUT2D eigenvalue weighted by atomic mass is 9.93. The van der Waals surface area contributed by atoms with Gasteiger partial charge in [0.15, 0.2) is 0 Å². The standard InChI is InChI=1S/C14H24N2S/c1-16(10-12-7-8-17-11-12)14-6-4-2-3-5-13(14)9-15/h7-8,11,13-14H,2-6,9-10,15H2,1H3. The van der Waals surface area contributed by atoms with Crippen molar-refractivity contribution in [1.82, 2.24) is 4.90 Å². The van der Waals surface area contributed by atoms with Gasteiger partial charge in [-0.05, 0) is 54.7 Å². The Balaban J connectivity index is 1.97. The van der Waals surface area contributed by atoms with Crippen LogP contribution in [0.3, 0.4) is 0 Å². The van der Waals surface area contributed by atoms with Crippen molar-refractivity contribution in [3.8, 4) is 0 Å². The van der Waals surface area contributed by atoms with Crippen LogP contribution in [0.4, 0.5) is 0 Å². The Labute approximate surface area is 109 Å². The minimum atomic E-state index is 0.683. The Morgan fingerprint density at radius 3 is 2.88 bits per heavy atom. The van der Waals surface area contributed by atoms with Gasteiger partial charge >= 0.3 is 0 Å². The van der Waals surface area contributed by atoms with Crippen LogP contribution in [0.15, 0.2) is 16.8 Å². The smallest absolute Gasteiger partial charge is 0.0242 e. The van der Waals surface area contributed by atoms with Crippen LogP contribution >= 0.6 is 11.3 Å². The summed E-state index contributed by atoms with van der Waals surface area (Å²) in [5, 5.41) is 4.42. The van der Waals surface area contributed by atoms with E-state index in [0.29, 0.717) is 12.0 Å². The maximum Gasteiger partial charge on any atom is 0.0242 e. The lowest BCUT2D eigenvalue weighted by molar-refractivity contribution is 0.161. The summed E-state index contributed by atoms with van der Waals surface area (Å²) in [6.45, 7) is 1.92. The van der Waals surface area contributed by atoms with Gasteiger partial charge in [0.1, 0.15) is 0 Å². The first-order chi connectivity index (χ1) is 8.31. The Morgan fingerprint density at radius 2 is 2.18 bits per heavy atom. The van der Waals surface area contributed by atoms with E-state index in [4.69, 9.17) is 5.73 Å². The third kappa shape index (κ3) is 3.54. The molecule has 1 aromatic heterocycles. The summed E-state index contributed by atoms with van der Waals surface area (Å²) in [6.07, 6.45) is 6.76. The first-order valence-electron chi connectivity index (χ1n) is 6.72. The molecule has 96 valence electrons. The number of hydrogen-bond acceptors (Lipinski definition) is 3. The lowest BCUT2D eigenvalue weighted by Gasteiger charge is -2.32. The second kappa shape index (κ2) is 6.53. The van der Waals surface area contributed by atoms with Gasteiger partial charge < -0.3 is 5.73 Å². The Bertz CT molecular complexity index is 310. The maximum atomic E-state index is 5.95. The molecule has 0 saturated heterocycles. The zero-order valence-corrected chi connectivity index (χ0v) is 11.6. The number of nitrogens with zero attached hydrogens (tertiary/aromatic N) is 1. The minimum Gasteiger partial charge on any atom is -0.330 e. The summed E-state index contributed by atoms with van der Waals surface area (Å²) in [4.78, 5) is 2.52. The molecule has 1 aliphatic rings. The van der Waals surface area contributed by atoms with E-state index < -0.39 is 0 Å². The number of hydrogen-bond donors (Lipinski definition) is 1. The van der Waals surface area contributed by atoms with Crippen LogP contribution in [0.5, 0.6) is 0 Å². The topological polar surface area (TPSA) is 29.3 Å². The SMILES string of the molecule is CN(Cc1ccsc1)C1CCCCCC1CN. The summed E-state index contributed by atoms with van der Waals surface area (Å²) in [5.41, 5.74) is 7.39. The summed E-state index contributed by atoms with van der Waals surface area (Å²) < 4.78 is 0. The molecule has 1 fully saturated rings. The molecule has 0 aliphatic heterocycles. The highest BCUT2D eigenvalue weighted by molar-refractivity contribution is 7.07. The quantitative estimate of drug-likeness (QED) is 0.834. The van der Waals surface area contributed by atoms with Gasteiger partial charge in [-0.1, -0.05) is 19.3 Å². The average molecular weight is 252 g/mol. The normalized spacial score (nSPS) is 26.1. The molecule has 1 aromatic rings. The van der Waals surface area contributed by atoms with E-state index >= 15 is 0 Å². The third-order valence-electron chi connectivity index (χ3n) is 4.00. The monoisotopic (exact) mass is 252 g/mol. The average Bonchev–Trinajstić information content (AvgIpc) is 2.71. The molecule has 0 spiro atoms. The number of nitrogens with two attached hydrogens (primary N) is 1. The van der Waals surface area contributed by atoms with Crippen LogP contribution < -0.4 is 5.73 Å². The Kier molecular flexibility index (Phi) is 5.01. The Morgan fingerprint density at radius 1 is 1.35 bits per heavy atom. The van der Waals surface area contributed by atoms with Gasteiger partial charge in [0.2, 0.25) is 0 Å². The van der Waals surface area contributed by atoms with Crippen LogP contribution in [-0.2, 0) is 6.54 Å². The number of thiophene rings is 1. The Hall–Kier alpha value is -0.380. The molecular weight excluding hydrogens is 228 g/mol. The van der Waals surface area contributed by atoms with E-state index in [1.807, 2.05) is 0 Å². The molecule has 2 rings (SSSR count). The molecule has 0 bridgehead atoms. The first kappa shape index (κ1) is 13.1. The van der Waals surface area contributed by atoms with Gasteiger partial charge in [-0.3, -0.25) is 4.90 Å². The van der Waals surface area contributed by atoms with Crippen LogP contribution in [0.1, 0.15) is 37.7 Å². The van der Waals surface area contributed by atoms with Gasteiger partial charge in [-0.2, -0.15) is 11.3 Å². The van der Waals surface area contributed by atoms with E-state index in [9.17, 15) is 0 Å². The predicted molar refractivity (Wildman–Crippen MR) is 75.2 cm³/mol. The van der Waals surface area contributed by atoms with Crippen molar-refractivity contribution in [3.05, 3.63) is 22.4 Å². The van der Waals surface area contributed by atoms with Gasteiger partial charge in [-0.25, -0.2) is 0 Å². The predicted octanol–water partition coefficient (Wildman–Crippen LogP) is 3.09. The van der Waals surface area contributed by atoms with Crippen molar-refractivity contribution in [1.29, 1.82) is 0 Å². The van der Waals surface area contributed by atoms with Gasteiger partial charge in [0, 0.05) is 12.6 Å². The van der Waals surface area contributed by atoms with Gasteiger partial charge in [0.25, 0.3) is 0 Å². The molecular formula is C14H24N2S. The summed E-state index contributed by atoms with van der Waals surface area (Å²) in [6, 6.07) is 2.91. The highest BCUT2D eigenvalue weighted by atomic mass is 32.1. The first-order valence-corrected chi connectivity index (χ1v) is 7.67. The van der Waals surface area contributed by atoms with Crippen molar-refractivity contribution < 1.29 is 0 Å². The molecule has 1 saturated carbocycles. The van der Waals surface area contributed by atoms with Crippen molar-refractivity contribution in [2.75, 3.05) is 13.6 Å². The molecule has 2 N–H and O–H groups in total. The maximum absolute atomic E-state index is 5.95. The highest BCUT2D eigenvalue weighted by Gasteiger charge is 2.25. The highest BCUT2D eigenvalue weighted by Crippen LogP contribution is 2.27. The molecule has 17 heavy (non-hydrogen) atoms. The fourth-order valence-electron chi connectivity index (χ4n) is 3.01. The van der Waals surface area contributed by atoms with Gasteiger partial charge in [-0.15, -0.1) is 0 Å². The molecule has 1 heterocycles. The van der Waals surface area contributed by atoms with Crippen molar-refractivity contribution in [2.45, 2.75) is 44.7 Å². The molecule has 2 nitrogen and oxygen atoms in total. The number of rotatable bonds is 4. The van der Waals surface area contributed by atoms with Crippen molar-refractivity contribution in [3.63, 3.8) is 0 Å². The zero-order chi connectivity index (χ0) is 12.1. The van der Waals surface area contributed by atoms with Crippen molar-refractivity contribution >= 4 is 11.3 Å². The van der Waals surface area contributed by atoms with E-state index in [1.165, 1.54) is 37.7 Å². The van der Waals surface area contributed by atoms with Crippen LogP contribution in [0.2, 0.25) is 0 Å². The van der Waals surface area contributed by atoms with E-state index in [-0.39, 0.29) is 0 Å². The minimum absolute atomic E-state index is 0.683. The molecule has 1 aliphatic carbocycles. The molecule has 2 atom stereocenters. The third-order valence-corrected chi connectivity index (χ3v) is 4.73. The fraction of sp³-hybridized carbons (Fsp3) is 0.714. The molecule has 3 heteroatoms. The second-order valence-electron chi connectivity index (χ2n) is 5.25. The molecule has 0 amide bonds. The summed E-state index contributed by atoms with van der Waals surface area (Å²) in [7, 11) is 2.26. The largest absolute Gasteiger partial charge is 0.330 e. The summed E-state index contributed by atoms with van der Waals surface area (Å²) in [5.74, 6) is 0.695. The van der Waals surface area contributed by atoms with Crippen LogP contribution in [0, 0.1) is 5.92 Å². The lowest BCUT2D eigenvalue weighted by Crippen LogP contribution is -2.40. The molecule has 0 radical (unpaired) electrons. The van der Waals surface area contributed by atoms with Crippen LogP contribution in [0.25, 0.3) is 0 Å². The van der Waals surface area contributed by atoms with Gasteiger partial charge in [0.05, 0.1) is 0 Å². The van der Waals surface area contributed by atoms with E-state index in [2.05, 4.69) is 28.8 Å². The zero-order valence-electron chi connectivity index (χ0n) is 10.8.